The van der Waals surface area contributed by atoms with Crippen LogP contribution < -0.4 is 5.43 Å². The summed E-state index contributed by atoms with van der Waals surface area (Å²) in [5.41, 5.74) is 2.54. The summed E-state index contributed by atoms with van der Waals surface area (Å²) in [6.45, 7) is 0. The molecule has 6 nitrogen and oxygen atoms in total. The fourth-order valence-electron chi connectivity index (χ4n) is 1.14. The third-order valence-electron chi connectivity index (χ3n) is 1.93. The number of rotatable bonds is 4. The average molecular weight is 242 g/mol. The van der Waals surface area contributed by atoms with E-state index >= 15 is 0 Å². The fourth-order valence-corrected chi connectivity index (χ4v) is 1.14. The second-order valence-corrected chi connectivity index (χ2v) is 3.18. The lowest BCUT2D eigenvalue weighted by atomic mass is 10.4. The van der Waals surface area contributed by atoms with Gasteiger partial charge in [-0.25, -0.2) is 10.4 Å². The Morgan fingerprint density at radius 2 is 2.39 bits per heavy atom. The van der Waals surface area contributed by atoms with Crippen molar-refractivity contribution in [2.75, 3.05) is 0 Å². The number of hydrogen-bond acceptors (Lipinski definition) is 5. The highest BCUT2D eigenvalue weighted by atomic mass is 16.3. The number of furan rings is 1. The second-order valence-electron chi connectivity index (χ2n) is 3.18. The number of nitrogens with one attached hydrogen (secondary N) is 1. The Balaban J connectivity index is 1.83. The van der Waals surface area contributed by atoms with Crippen LogP contribution in [0.3, 0.4) is 0 Å². The molecule has 2 aromatic rings. The molecule has 1 N–H and O–H groups in total. The molecule has 0 atom stereocenters. The van der Waals surface area contributed by atoms with Crippen molar-refractivity contribution < 1.29 is 9.21 Å². The van der Waals surface area contributed by atoms with E-state index in [9.17, 15) is 4.79 Å². The van der Waals surface area contributed by atoms with Gasteiger partial charge < -0.3 is 4.42 Å². The van der Waals surface area contributed by atoms with E-state index in [4.69, 9.17) is 4.42 Å². The number of amides is 1. The van der Waals surface area contributed by atoms with Crippen molar-refractivity contribution in [3.05, 3.63) is 54.5 Å². The van der Waals surface area contributed by atoms with E-state index in [-0.39, 0.29) is 5.69 Å². The average Bonchev–Trinajstić information content (AvgIpc) is 2.92. The van der Waals surface area contributed by atoms with Crippen LogP contribution in [0.1, 0.15) is 16.2 Å². The van der Waals surface area contributed by atoms with Gasteiger partial charge in [-0.2, -0.15) is 5.10 Å². The Kier molecular flexibility index (Phi) is 3.97. The molecular formula is C12H10N4O2. The van der Waals surface area contributed by atoms with Gasteiger partial charge in [0.05, 0.1) is 12.5 Å². The first-order chi connectivity index (χ1) is 8.86. The fraction of sp³-hybridized carbons (Fsp3) is 0. The Bertz CT molecular complexity index is 547. The van der Waals surface area contributed by atoms with Gasteiger partial charge in [0.25, 0.3) is 5.91 Å². The molecule has 0 bridgehead atoms. The monoisotopic (exact) mass is 242 g/mol. The summed E-state index contributed by atoms with van der Waals surface area (Å²) in [7, 11) is 0. The predicted octanol–water partition coefficient (Wildman–Crippen LogP) is 1.50. The molecule has 2 rings (SSSR count). The minimum Gasteiger partial charge on any atom is -0.465 e. The molecule has 0 aliphatic heterocycles. The van der Waals surface area contributed by atoms with Crippen molar-refractivity contribution in [1.82, 2.24) is 15.4 Å². The number of carbonyl (C=O) groups is 1. The first-order valence-corrected chi connectivity index (χ1v) is 5.16. The Hall–Kier alpha value is -2.76. The topological polar surface area (TPSA) is 80.4 Å². The number of aromatic nitrogens is 2. The van der Waals surface area contributed by atoms with E-state index in [1.165, 1.54) is 24.8 Å². The molecule has 6 heteroatoms. The van der Waals surface area contributed by atoms with Crippen LogP contribution in [0.2, 0.25) is 0 Å². The largest absolute Gasteiger partial charge is 0.465 e. The van der Waals surface area contributed by atoms with Gasteiger partial charge in [0.15, 0.2) is 0 Å². The maximum absolute atomic E-state index is 11.5. The minimum atomic E-state index is -0.411. The molecule has 0 unspecified atom stereocenters. The first-order valence-electron chi connectivity index (χ1n) is 5.16. The summed E-state index contributed by atoms with van der Waals surface area (Å²) < 4.78 is 5.08. The molecule has 0 radical (unpaired) electrons. The van der Waals surface area contributed by atoms with Gasteiger partial charge in [-0.1, -0.05) is 0 Å². The van der Waals surface area contributed by atoms with Crippen LogP contribution in [0.4, 0.5) is 0 Å². The predicted molar refractivity (Wildman–Crippen MR) is 65.7 cm³/mol. The maximum Gasteiger partial charge on any atom is 0.291 e. The van der Waals surface area contributed by atoms with Crippen LogP contribution in [-0.4, -0.2) is 22.1 Å². The molecule has 0 aromatic carbocycles. The molecule has 0 fully saturated rings. The zero-order valence-electron chi connectivity index (χ0n) is 9.35. The minimum absolute atomic E-state index is 0.213. The van der Waals surface area contributed by atoms with Crippen LogP contribution in [0.15, 0.2) is 52.6 Å². The van der Waals surface area contributed by atoms with E-state index < -0.39 is 5.91 Å². The van der Waals surface area contributed by atoms with Gasteiger partial charge >= 0.3 is 0 Å². The third kappa shape index (κ3) is 3.38. The van der Waals surface area contributed by atoms with Gasteiger partial charge in [0.2, 0.25) is 0 Å². The summed E-state index contributed by atoms with van der Waals surface area (Å²) in [5, 5.41) is 3.73. The molecule has 0 saturated carbocycles. The van der Waals surface area contributed by atoms with E-state index in [0.29, 0.717) is 5.76 Å². The van der Waals surface area contributed by atoms with Gasteiger partial charge in [0.1, 0.15) is 11.5 Å². The Labute approximate surface area is 103 Å². The summed E-state index contributed by atoms with van der Waals surface area (Å²) in [4.78, 5) is 19.1. The van der Waals surface area contributed by atoms with Crippen molar-refractivity contribution in [2.45, 2.75) is 0 Å². The van der Waals surface area contributed by atoms with Crippen molar-refractivity contribution in [2.24, 2.45) is 5.10 Å². The van der Waals surface area contributed by atoms with E-state index in [0.717, 1.165) is 0 Å². The molecular weight excluding hydrogens is 232 g/mol. The van der Waals surface area contributed by atoms with Crippen LogP contribution in [0.5, 0.6) is 0 Å². The molecule has 0 aliphatic rings. The summed E-state index contributed by atoms with van der Waals surface area (Å²) >= 11 is 0. The van der Waals surface area contributed by atoms with Crippen molar-refractivity contribution in [1.29, 1.82) is 0 Å². The van der Waals surface area contributed by atoms with Gasteiger partial charge in [-0.3, -0.25) is 9.78 Å². The van der Waals surface area contributed by atoms with E-state index in [1.807, 2.05) is 6.07 Å². The van der Waals surface area contributed by atoms with E-state index in [2.05, 4.69) is 20.5 Å². The lowest BCUT2D eigenvalue weighted by Crippen LogP contribution is -2.18. The highest BCUT2D eigenvalue weighted by Crippen LogP contribution is 2.00. The van der Waals surface area contributed by atoms with Crippen LogP contribution in [0.25, 0.3) is 6.08 Å². The SMILES string of the molecule is O=C(N/N=C\C=C\c1ccco1)c1cnccn1. The summed E-state index contributed by atoms with van der Waals surface area (Å²) in [6, 6.07) is 3.59. The van der Waals surface area contributed by atoms with Crippen molar-refractivity contribution in [3.63, 3.8) is 0 Å². The Morgan fingerprint density at radius 3 is 3.11 bits per heavy atom. The number of carbonyl (C=O) groups excluding carboxylic acids is 1. The molecule has 0 saturated heterocycles. The maximum atomic E-state index is 11.5. The number of hydrogen-bond donors (Lipinski definition) is 1. The molecule has 90 valence electrons. The third-order valence-corrected chi connectivity index (χ3v) is 1.93. The lowest BCUT2D eigenvalue weighted by Gasteiger charge is -1.95. The molecule has 0 aliphatic carbocycles. The summed E-state index contributed by atoms with van der Waals surface area (Å²) in [6.07, 6.45) is 10.7. The first kappa shape index (κ1) is 11.7. The zero-order chi connectivity index (χ0) is 12.6. The standard InChI is InChI=1S/C12H10N4O2/c17-12(11-9-13-6-7-14-11)16-15-5-1-3-10-4-2-8-18-10/h1-9H,(H,16,17)/b3-1+,15-5-. The van der Waals surface area contributed by atoms with Crippen LogP contribution >= 0.6 is 0 Å². The highest BCUT2D eigenvalue weighted by Gasteiger charge is 2.03. The van der Waals surface area contributed by atoms with Crippen LogP contribution in [-0.2, 0) is 0 Å². The smallest absolute Gasteiger partial charge is 0.291 e. The molecule has 2 aromatic heterocycles. The van der Waals surface area contributed by atoms with E-state index in [1.54, 1.807) is 24.5 Å². The molecule has 1 amide bonds. The van der Waals surface area contributed by atoms with Crippen molar-refractivity contribution >= 4 is 18.2 Å². The molecule has 18 heavy (non-hydrogen) atoms. The number of allylic oxidation sites excluding steroid dienone is 1. The van der Waals surface area contributed by atoms with Gasteiger partial charge in [-0.05, 0) is 24.3 Å². The molecule has 0 spiro atoms. The number of nitrogens with zero attached hydrogens (tertiary/aromatic N) is 3. The van der Waals surface area contributed by atoms with Gasteiger partial charge in [0, 0.05) is 18.6 Å². The lowest BCUT2D eigenvalue weighted by molar-refractivity contribution is 0.0950. The summed E-state index contributed by atoms with van der Waals surface area (Å²) in [5.74, 6) is 0.299. The van der Waals surface area contributed by atoms with Gasteiger partial charge in [-0.15, -0.1) is 0 Å². The zero-order valence-corrected chi connectivity index (χ0v) is 9.35. The quantitative estimate of drug-likeness (QED) is 0.650. The van der Waals surface area contributed by atoms with Crippen molar-refractivity contribution in [3.8, 4) is 0 Å². The van der Waals surface area contributed by atoms with Crippen LogP contribution in [0, 0.1) is 0 Å². The molecule has 2 heterocycles. The number of hydrazone groups is 1. The highest BCUT2D eigenvalue weighted by molar-refractivity contribution is 5.92. The second kappa shape index (κ2) is 6.09. The Morgan fingerprint density at radius 1 is 1.44 bits per heavy atom. The normalized spacial score (nSPS) is 11.1.